The molecule has 2 aromatic carbocycles. The van der Waals surface area contributed by atoms with Gasteiger partial charge in [-0.25, -0.2) is 8.42 Å². The Hall–Kier alpha value is -1.07. The summed E-state index contributed by atoms with van der Waals surface area (Å²) in [6, 6.07) is 7.70. The normalized spacial score (nSPS) is 16.1. The Labute approximate surface area is 177 Å². The Morgan fingerprint density at radius 2 is 1.50 bits per heavy atom. The molecule has 0 unspecified atom stereocenters. The third-order valence-corrected chi connectivity index (χ3v) is 8.26. The minimum absolute atomic E-state index is 0.0834. The van der Waals surface area contributed by atoms with Gasteiger partial charge in [0.15, 0.2) is 5.75 Å². The van der Waals surface area contributed by atoms with Gasteiger partial charge in [0.1, 0.15) is 4.90 Å². The number of sulfonamides is 1. The van der Waals surface area contributed by atoms with Crippen LogP contribution in [0, 0.1) is 0 Å². The maximum Gasteiger partial charge on any atom is 0.342 e. The molecule has 2 aromatic rings. The van der Waals surface area contributed by atoms with E-state index in [1.54, 1.807) is 0 Å². The lowest BCUT2D eigenvalue weighted by Gasteiger charge is -2.26. The molecule has 1 aliphatic rings. The van der Waals surface area contributed by atoms with Crippen LogP contribution in [0.15, 0.2) is 46.2 Å². The lowest BCUT2D eigenvalue weighted by atomic mass is 10.3. The van der Waals surface area contributed by atoms with Crippen molar-refractivity contribution >= 4 is 54.9 Å². The van der Waals surface area contributed by atoms with E-state index in [1.807, 2.05) is 0 Å². The lowest BCUT2D eigenvalue weighted by molar-refractivity contribution is 0.0730. The summed E-state index contributed by atoms with van der Waals surface area (Å²) in [7, 11) is -8.18. The highest BCUT2D eigenvalue weighted by Crippen LogP contribution is 2.35. The van der Waals surface area contributed by atoms with E-state index in [9.17, 15) is 16.8 Å². The van der Waals surface area contributed by atoms with Crippen LogP contribution in [0.4, 0.5) is 0 Å². The van der Waals surface area contributed by atoms with Crippen molar-refractivity contribution in [2.24, 2.45) is 0 Å². The van der Waals surface area contributed by atoms with Crippen LogP contribution < -0.4 is 4.18 Å². The molecule has 0 bridgehead atoms. The van der Waals surface area contributed by atoms with Gasteiger partial charge in [-0.3, -0.25) is 0 Å². The molecule has 0 radical (unpaired) electrons. The summed E-state index contributed by atoms with van der Waals surface area (Å²) in [5, 5.41) is -0.425. The van der Waals surface area contributed by atoms with Gasteiger partial charge in [-0.2, -0.15) is 12.7 Å². The molecule has 0 aromatic heterocycles. The van der Waals surface area contributed by atoms with Crippen molar-refractivity contribution in [1.82, 2.24) is 4.31 Å². The van der Waals surface area contributed by atoms with Crippen LogP contribution in [0.5, 0.6) is 5.75 Å². The van der Waals surface area contributed by atoms with Gasteiger partial charge in [0.05, 0.1) is 33.2 Å². The Morgan fingerprint density at radius 3 is 2.07 bits per heavy atom. The molecule has 12 heteroatoms. The summed E-state index contributed by atoms with van der Waals surface area (Å²) in [6.07, 6.45) is 0. The molecule has 152 valence electrons. The number of halogens is 3. The Bertz CT molecular complexity index is 1080. The van der Waals surface area contributed by atoms with E-state index < -0.39 is 25.0 Å². The van der Waals surface area contributed by atoms with E-state index in [0.717, 1.165) is 12.1 Å². The van der Waals surface area contributed by atoms with Gasteiger partial charge < -0.3 is 8.92 Å². The van der Waals surface area contributed by atoms with E-state index in [-0.39, 0.29) is 38.8 Å². The molecule has 7 nitrogen and oxygen atoms in total. The van der Waals surface area contributed by atoms with Gasteiger partial charge in [-0.05, 0) is 30.3 Å². The first-order chi connectivity index (χ1) is 13.1. The molecule has 0 spiro atoms. The standard InChI is InChI=1S/C16H14Cl3NO6S2/c17-12-2-1-3-13(18)16(12)28(23,24)26-15-5-4-11(10-14(15)19)27(21,22)20-6-8-25-9-7-20/h1-5,10H,6-9H2. The first-order valence-electron chi connectivity index (χ1n) is 7.89. The lowest BCUT2D eigenvalue weighted by Crippen LogP contribution is -2.40. The Kier molecular flexibility index (Phi) is 6.45. The van der Waals surface area contributed by atoms with Crippen LogP contribution in [0.25, 0.3) is 0 Å². The summed E-state index contributed by atoms with van der Waals surface area (Å²) in [4.78, 5) is -0.487. The van der Waals surface area contributed by atoms with E-state index in [0.29, 0.717) is 13.2 Å². The molecule has 3 rings (SSSR count). The number of hydrogen-bond donors (Lipinski definition) is 0. The molecule has 1 saturated heterocycles. The third-order valence-electron chi connectivity index (χ3n) is 3.88. The second-order valence-electron chi connectivity index (χ2n) is 5.70. The minimum Gasteiger partial charge on any atom is -0.379 e. The topological polar surface area (TPSA) is 90.0 Å². The van der Waals surface area contributed by atoms with Gasteiger partial charge in [-0.1, -0.05) is 40.9 Å². The molecule has 28 heavy (non-hydrogen) atoms. The average molecular weight is 487 g/mol. The van der Waals surface area contributed by atoms with Gasteiger partial charge in [-0.15, -0.1) is 0 Å². The van der Waals surface area contributed by atoms with Crippen molar-refractivity contribution in [1.29, 1.82) is 0 Å². The fourth-order valence-electron chi connectivity index (χ4n) is 2.53. The number of rotatable bonds is 5. The zero-order valence-electron chi connectivity index (χ0n) is 14.1. The van der Waals surface area contributed by atoms with Crippen molar-refractivity contribution in [2.75, 3.05) is 26.3 Å². The highest BCUT2D eigenvalue weighted by atomic mass is 35.5. The van der Waals surface area contributed by atoms with Gasteiger partial charge in [0, 0.05) is 13.1 Å². The van der Waals surface area contributed by atoms with Crippen LogP contribution in [0.1, 0.15) is 0 Å². The van der Waals surface area contributed by atoms with Gasteiger partial charge in [0.25, 0.3) is 0 Å². The van der Waals surface area contributed by atoms with E-state index >= 15 is 0 Å². The highest BCUT2D eigenvalue weighted by molar-refractivity contribution is 7.89. The molecule has 0 saturated carbocycles. The maximum absolute atomic E-state index is 12.7. The van der Waals surface area contributed by atoms with Crippen molar-refractivity contribution in [3.63, 3.8) is 0 Å². The average Bonchev–Trinajstić information content (AvgIpc) is 2.63. The van der Waals surface area contributed by atoms with Crippen LogP contribution in [-0.4, -0.2) is 47.4 Å². The first-order valence-corrected chi connectivity index (χ1v) is 11.9. The maximum atomic E-state index is 12.7. The van der Waals surface area contributed by atoms with Crippen molar-refractivity contribution < 1.29 is 25.8 Å². The molecule has 1 fully saturated rings. The smallest absolute Gasteiger partial charge is 0.342 e. The number of hydrogen-bond acceptors (Lipinski definition) is 6. The van der Waals surface area contributed by atoms with E-state index in [4.69, 9.17) is 43.7 Å². The Balaban J connectivity index is 1.91. The van der Waals surface area contributed by atoms with Gasteiger partial charge >= 0.3 is 10.1 Å². The largest absolute Gasteiger partial charge is 0.379 e. The van der Waals surface area contributed by atoms with Crippen LogP contribution in [-0.2, 0) is 24.9 Å². The van der Waals surface area contributed by atoms with Gasteiger partial charge in [0.2, 0.25) is 10.0 Å². The van der Waals surface area contributed by atoms with Crippen LogP contribution in [0.3, 0.4) is 0 Å². The molecule has 0 N–H and O–H groups in total. The molecule has 1 heterocycles. The SMILES string of the molecule is O=S(=O)(Oc1ccc(S(=O)(=O)N2CCOCC2)cc1Cl)c1c(Cl)cccc1Cl. The molecule has 0 amide bonds. The summed E-state index contributed by atoms with van der Waals surface area (Å²) < 4.78 is 61.9. The molecule has 1 aliphatic heterocycles. The molecule has 0 atom stereocenters. The predicted octanol–water partition coefficient (Wildman–Crippen LogP) is 3.44. The van der Waals surface area contributed by atoms with Crippen molar-refractivity contribution in [2.45, 2.75) is 9.79 Å². The number of morpholine rings is 1. The summed E-state index contributed by atoms with van der Waals surface area (Å²) in [5.74, 6) is -0.251. The second-order valence-corrected chi connectivity index (χ2v) is 10.3. The first kappa shape index (κ1) is 21.6. The quantitative estimate of drug-likeness (QED) is 0.602. The van der Waals surface area contributed by atoms with Crippen LogP contribution >= 0.6 is 34.8 Å². The molecule has 0 aliphatic carbocycles. The number of benzene rings is 2. The summed E-state index contributed by atoms with van der Waals surface area (Å²) in [6.45, 7) is 1.03. The molecular weight excluding hydrogens is 473 g/mol. The van der Waals surface area contributed by atoms with E-state index in [2.05, 4.69) is 0 Å². The highest BCUT2D eigenvalue weighted by Gasteiger charge is 2.29. The summed E-state index contributed by atoms with van der Waals surface area (Å²) in [5.41, 5.74) is 0. The number of nitrogens with zero attached hydrogens (tertiary/aromatic N) is 1. The molecular formula is C16H14Cl3NO6S2. The van der Waals surface area contributed by atoms with Crippen molar-refractivity contribution in [3.05, 3.63) is 51.5 Å². The van der Waals surface area contributed by atoms with E-state index in [1.165, 1.54) is 28.6 Å². The summed E-state index contributed by atoms with van der Waals surface area (Å²) >= 11 is 17.9. The fraction of sp³-hybridized carbons (Fsp3) is 0.250. The predicted molar refractivity (Wildman–Crippen MR) is 105 cm³/mol. The minimum atomic E-state index is -4.39. The van der Waals surface area contributed by atoms with Crippen molar-refractivity contribution in [3.8, 4) is 5.75 Å². The Morgan fingerprint density at radius 1 is 0.893 bits per heavy atom. The van der Waals surface area contributed by atoms with Crippen LogP contribution in [0.2, 0.25) is 15.1 Å². The fourth-order valence-corrected chi connectivity index (χ4v) is 6.33. The second kappa shape index (κ2) is 8.35. The third kappa shape index (κ3) is 4.40. The monoisotopic (exact) mass is 485 g/mol. The zero-order valence-corrected chi connectivity index (χ0v) is 18.0. The number of ether oxygens (including phenoxy) is 1. The zero-order chi connectivity index (χ0) is 20.5.